The van der Waals surface area contributed by atoms with Gasteiger partial charge < -0.3 is 33.2 Å². The first-order chi connectivity index (χ1) is 17.4. The van der Waals surface area contributed by atoms with Crippen LogP contribution in [0.2, 0.25) is 6.04 Å². The van der Waals surface area contributed by atoms with Crippen LogP contribution in [0.25, 0.3) is 6.08 Å². The maximum atomic E-state index is 14.0. The van der Waals surface area contributed by atoms with Crippen LogP contribution in [0.3, 0.4) is 0 Å². The van der Waals surface area contributed by atoms with Gasteiger partial charge >= 0.3 is 20.9 Å². The number of hydrogen-bond acceptors (Lipinski definition) is 7. The summed E-state index contributed by atoms with van der Waals surface area (Å²) < 4.78 is 42.0. The summed E-state index contributed by atoms with van der Waals surface area (Å²) in [7, 11) is -2.69. The number of unbranched alkanes of at least 4 members (excludes halogenated alkanes) is 3. The molecule has 2 N–H and O–H groups in total. The lowest BCUT2D eigenvalue weighted by molar-refractivity contribution is -0.131. The molecular weight excluding hydrogens is 489 g/mol. The number of carboxylic acid groups (broad SMARTS) is 1. The molecule has 0 aromatic heterocycles. The number of rotatable bonds is 20. The molecule has 0 fully saturated rings. The van der Waals surface area contributed by atoms with Crippen molar-refractivity contribution in [3.05, 3.63) is 35.7 Å². The molecule has 204 valence electrons. The Morgan fingerprint density at radius 2 is 1.61 bits per heavy atom. The van der Waals surface area contributed by atoms with Crippen molar-refractivity contribution in [2.75, 3.05) is 39.6 Å². The fourth-order valence-electron chi connectivity index (χ4n) is 3.36. The lowest BCUT2D eigenvalue weighted by Gasteiger charge is -2.28. The molecule has 0 bridgehead atoms. The molecular formula is C25H40FNO8Si. The van der Waals surface area contributed by atoms with Gasteiger partial charge in [0.1, 0.15) is 0 Å². The Bertz CT molecular complexity index is 791. The molecule has 11 heteroatoms. The number of carboxylic acids is 1. The summed E-state index contributed by atoms with van der Waals surface area (Å²) in [4.78, 5) is 22.4. The van der Waals surface area contributed by atoms with Crippen molar-refractivity contribution in [3.8, 4) is 5.75 Å². The monoisotopic (exact) mass is 529 g/mol. The van der Waals surface area contributed by atoms with Crippen LogP contribution in [0.4, 0.5) is 9.18 Å². The summed E-state index contributed by atoms with van der Waals surface area (Å²) in [6.45, 7) is 8.42. The Morgan fingerprint density at radius 1 is 0.972 bits per heavy atom. The predicted molar refractivity (Wildman–Crippen MR) is 136 cm³/mol. The van der Waals surface area contributed by atoms with E-state index in [-0.39, 0.29) is 5.75 Å². The van der Waals surface area contributed by atoms with E-state index in [1.54, 1.807) is 6.07 Å². The molecule has 0 saturated carbocycles. The second-order valence-electron chi connectivity index (χ2n) is 7.77. The van der Waals surface area contributed by atoms with E-state index in [0.29, 0.717) is 57.6 Å². The summed E-state index contributed by atoms with van der Waals surface area (Å²) >= 11 is 0. The van der Waals surface area contributed by atoms with Crippen LogP contribution < -0.4 is 10.1 Å². The van der Waals surface area contributed by atoms with Gasteiger partial charge in [-0.05, 0) is 76.6 Å². The lowest BCUT2D eigenvalue weighted by Crippen LogP contribution is -2.46. The zero-order valence-electron chi connectivity index (χ0n) is 21.6. The van der Waals surface area contributed by atoms with Crippen molar-refractivity contribution >= 4 is 26.9 Å². The van der Waals surface area contributed by atoms with Crippen LogP contribution >= 0.6 is 0 Å². The average molecular weight is 530 g/mol. The second kappa shape index (κ2) is 18.7. The van der Waals surface area contributed by atoms with Gasteiger partial charge in [-0.1, -0.05) is 6.07 Å². The Kier molecular flexibility index (Phi) is 16.4. The van der Waals surface area contributed by atoms with Gasteiger partial charge in [0.05, 0.1) is 13.2 Å². The van der Waals surface area contributed by atoms with E-state index in [2.05, 4.69) is 5.32 Å². The number of halogens is 1. The Labute approximate surface area is 214 Å². The van der Waals surface area contributed by atoms with E-state index in [4.69, 9.17) is 27.9 Å². The standard InChI is InChI=1S/C25H40FNO8Si/c1-4-33-36(34-5-2,35-6-3)19-11-16-27-25(30)32-18-10-8-7-9-17-31-23-14-12-21(20-22(23)26)13-15-24(28)29/h12-15,20H,4-11,16-19H2,1-3H3,(H,27,30)(H,28,29). The minimum atomic E-state index is -2.69. The normalized spacial score (nSPS) is 11.6. The largest absolute Gasteiger partial charge is 0.500 e. The molecule has 0 aliphatic rings. The minimum Gasteiger partial charge on any atom is -0.491 e. The number of hydrogen-bond donors (Lipinski definition) is 2. The first-order valence-corrected chi connectivity index (χ1v) is 14.4. The fourth-order valence-corrected chi connectivity index (χ4v) is 5.97. The first-order valence-electron chi connectivity index (χ1n) is 12.5. The number of ether oxygens (including phenoxy) is 2. The van der Waals surface area contributed by atoms with Crippen LogP contribution in [0, 0.1) is 5.82 Å². The van der Waals surface area contributed by atoms with Crippen molar-refractivity contribution in [2.45, 2.75) is 58.9 Å². The van der Waals surface area contributed by atoms with E-state index in [1.807, 2.05) is 20.8 Å². The maximum absolute atomic E-state index is 14.0. The summed E-state index contributed by atoms with van der Waals surface area (Å²) in [5.74, 6) is -1.50. The Hall–Kier alpha value is -2.47. The quantitative estimate of drug-likeness (QED) is 0.137. The molecule has 1 aromatic carbocycles. The third-order valence-corrected chi connectivity index (χ3v) is 8.08. The van der Waals surface area contributed by atoms with Crippen LogP contribution in [-0.2, 0) is 22.8 Å². The number of amides is 1. The SMILES string of the molecule is CCO[Si](CCCNC(=O)OCCCCCCOc1ccc(C=CC(=O)O)cc1F)(OCC)OCC. The Morgan fingerprint density at radius 3 is 2.19 bits per heavy atom. The van der Waals surface area contributed by atoms with Crippen LogP contribution in [0.5, 0.6) is 5.75 Å². The molecule has 0 radical (unpaired) electrons. The molecule has 1 aromatic rings. The van der Waals surface area contributed by atoms with Gasteiger partial charge in [0.2, 0.25) is 0 Å². The third-order valence-electron chi connectivity index (χ3n) is 4.93. The van der Waals surface area contributed by atoms with Gasteiger partial charge in [0.15, 0.2) is 11.6 Å². The highest BCUT2D eigenvalue weighted by atomic mass is 28.4. The number of nitrogens with one attached hydrogen (secondary N) is 1. The third kappa shape index (κ3) is 13.6. The number of benzene rings is 1. The van der Waals surface area contributed by atoms with Crippen molar-refractivity contribution in [1.29, 1.82) is 0 Å². The van der Waals surface area contributed by atoms with Crippen molar-refractivity contribution in [3.63, 3.8) is 0 Å². The average Bonchev–Trinajstić information content (AvgIpc) is 2.83. The summed E-state index contributed by atoms with van der Waals surface area (Å²) in [6, 6.07) is 4.93. The molecule has 0 unspecified atom stereocenters. The second-order valence-corrected chi connectivity index (χ2v) is 10.5. The Balaban J connectivity index is 2.13. The summed E-state index contributed by atoms with van der Waals surface area (Å²) in [5, 5.41) is 11.4. The van der Waals surface area contributed by atoms with E-state index >= 15 is 0 Å². The summed E-state index contributed by atoms with van der Waals surface area (Å²) in [6.07, 6.45) is 5.64. The molecule has 1 rings (SSSR count). The van der Waals surface area contributed by atoms with Crippen LogP contribution in [-0.4, -0.2) is 65.6 Å². The molecule has 0 atom stereocenters. The van der Waals surface area contributed by atoms with Gasteiger partial charge in [-0.25, -0.2) is 14.0 Å². The number of alkyl carbamates (subject to hydrolysis) is 1. The number of carbonyl (C=O) groups is 2. The summed E-state index contributed by atoms with van der Waals surface area (Å²) in [5.41, 5.74) is 0.447. The molecule has 1 amide bonds. The van der Waals surface area contributed by atoms with Gasteiger partial charge in [0, 0.05) is 38.5 Å². The van der Waals surface area contributed by atoms with Gasteiger partial charge in [0.25, 0.3) is 0 Å². The van der Waals surface area contributed by atoms with Crippen molar-refractivity contribution < 1.29 is 41.8 Å². The van der Waals surface area contributed by atoms with Crippen molar-refractivity contribution in [1.82, 2.24) is 5.32 Å². The smallest absolute Gasteiger partial charge is 0.491 e. The zero-order valence-corrected chi connectivity index (χ0v) is 22.6. The van der Waals surface area contributed by atoms with Gasteiger partial charge in [-0.2, -0.15) is 0 Å². The van der Waals surface area contributed by atoms with Gasteiger partial charge in [-0.15, -0.1) is 0 Å². The zero-order chi connectivity index (χ0) is 26.7. The van der Waals surface area contributed by atoms with Gasteiger partial charge in [-0.3, -0.25) is 0 Å². The van der Waals surface area contributed by atoms with E-state index in [1.165, 1.54) is 18.2 Å². The molecule has 0 saturated heterocycles. The van der Waals surface area contributed by atoms with Crippen LogP contribution in [0.15, 0.2) is 24.3 Å². The number of carbonyl (C=O) groups excluding carboxylic acids is 1. The highest BCUT2D eigenvalue weighted by molar-refractivity contribution is 6.60. The highest BCUT2D eigenvalue weighted by Gasteiger charge is 2.39. The highest BCUT2D eigenvalue weighted by Crippen LogP contribution is 2.20. The first kappa shape index (κ1) is 31.6. The molecule has 0 aliphatic heterocycles. The minimum absolute atomic E-state index is 0.131. The molecule has 0 spiro atoms. The van der Waals surface area contributed by atoms with Crippen LogP contribution in [0.1, 0.15) is 58.4 Å². The van der Waals surface area contributed by atoms with E-state index < -0.39 is 26.7 Å². The fraction of sp³-hybridized carbons (Fsp3) is 0.600. The molecule has 0 aliphatic carbocycles. The molecule has 0 heterocycles. The van der Waals surface area contributed by atoms with E-state index in [9.17, 15) is 14.0 Å². The van der Waals surface area contributed by atoms with E-state index in [0.717, 1.165) is 31.8 Å². The lowest BCUT2D eigenvalue weighted by atomic mass is 10.2. The topological polar surface area (TPSA) is 113 Å². The molecule has 36 heavy (non-hydrogen) atoms. The predicted octanol–water partition coefficient (Wildman–Crippen LogP) is 5.03. The maximum Gasteiger partial charge on any atom is 0.500 e. The molecule has 9 nitrogen and oxygen atoms in total. The van der Waals surface area contributed by atoms with Crippen molar-refractivity contribution in [2.24, 2.45) is 0 Å². The number of aliphatic carboxylic acids is 1.